The van der Waals surface area contributed by atoms with Gasteiger partial charge in [0.1, 0.15) is 5.75 Å². The maximum Gasteiger partial charge on any atom is 0.116 e. The smallest absolute Gasteiger partial charge is 0.116 e. The fourth-order valence-corrected chi connectivity index (χ4v) is 1.43. The van der Waals surface area contributed by atoms with Crippen LogP contribution in [0.25, 0.3) is 0 Å². The van der Waals surface area contributed by atoms with E-state index < -0.39 is 0 Å². The topological polar surface area (TPSA) is 44.1 Å². The number of hydrogen-bond donors (Lipinski definition) is 2. The molecule has 0 aromatic heterocycles. The molecule has 0 radical (unpaired) electrons. The van der Waals surface area contributed by atoms with E-state index in [1.54, 1.807) is 18.2 Å². The Labute approximate surface area is 88.3 Å². The summed E-state index contributed by atoms with van der Waals surface area (Å²) in [6, 6.07) is 16.2. The van der Waals surface area contributed by atoms with Gasteiger partial charge in [0, 0.05) is 5.56 Å². The highest BCUT2D eigenvalue weighted by molar-refractivity contribution is 6.10. The highest BCUT2D eigenvalue weighted by Crippen LogP contribution is 2.14. The van der Waals surface area contributed by atoms with Crippen molar-refractivity contribution in [3.05, 3.63) is 65.7 Å². The van der Waals surface area contributed by atoms with Gasteiger partial charge in [-0.1, -0.05) is 42.5 Å². The van der Waals surface area contributed by atoms with Crippen LogP contribution in [0, 0.1) is 5.41 Å². The first-order valence-corrected chi connectivity index (χ1v) is 4.71. The average molecular weight is 197 g/mol. The van der Waals surface area contributed by atoms with Gasteiger partial charge >= 0.3 is 0 Å². The standard InChI is InChI=1S/C13H11NO/c14-13(10-5-2-1-3-6-10)11-7-4-8-12(15)9-11/h1-9,14-15H. The second-order valence-corrected chi connectivity index (χ2v) is 3.29. The average Bonchev–Trinajstić information content (AvgIpc) is 2.29. The molecule has 0 aliphatic heterocycles. The molecule has 0 aliphatic rings. The van der Waals surface area contributed by atoms with Gasteiger partial charge in [-0.25, -0.2) is 0 Å². The Hall–Kier alpha value is -2.09. The van der Waals surface area contributed by atoms with Crippen molar-refractivity contribution in [3.8, 4) is 5.75 Å². The number of phenolic OH excluding ortho intramolecular Hbond substituents is 1. The van der Waals surface area contributed by atoms with E-state index in [1.807, 2.05) is 36.4 Å². The number of rotatable bonds is 2. The Kier molecular flexibility index (Phi) is 2.50. The lowest BCUT2D eigenvalue weighted by molar-refractivity contribution is 0.475. The number of phenols is 1. The normalized spacial score (nSPS) is 9.87. The van der Waals surface area contributed by atoms with Gasteiger partial charge in [-0.2, -0.15) is 0 Å². The number of nitrogens with one attached hydrogen (secondary N) is 1. The fourth-order valence-electron chi connectivity index (χ4n) is 1.43. The van der Waals surface area contributed by atoms with E-state index in [2.05, 4.69) is 0 Å². The Balaban J connectivity index is 2.37. The minimum Gasteiger partial charge on any atom is -0.508 e. The van der Waals surface area contributed by atoms with Crippen LogP contribution in [-0.4, -0.2) is 10.8 Å². The Morgan fingerprint density at radius 2 is 1.53 bits per heavy atom. The van der Waals surface area contributed by atoms with Crippen LogP contribution >= 0.6 is 0 Å². The summed E-state index contributed by atoms with van der Waals surface area (Å²) in [5, 5.41) is 17.3. The van der Waals surface area contributed by atoms with Crippen LogP contribution in [-0.2, 0) is 0 Å². The monoisotopic (exact) mass is 197 g/mol. The third kappa shape index (κ3) is 2.05. The summed E-state index contributed by atoms with van der Waals surface area (Å²) in [6.07, 6.45) is 0. The summed E-state index contributed by atoms with van der Waals surface area (Å²) in [4.78, 5) is 0. The molecule has 0 atom stereocenters. The molecule has 0 aliphatic carbocycles. The van der Waals surface area contributed by atoms with Crippen LogP contribution in [0.5, 0.6) is 5.75 Å². The van der Waals surface area contributed by atoms with Gasteiger partial charge in [0.25, 0.3) is 0 Å². The summed E-state index contributed by atoms with van der Waals surface area (Å²) in [5.74, 6) is 0.188. The molecule has 2 N–H and O–H groups in total. The highest BCUT2D eigenvalue weighted by atomic mass is 16.3. The summed E-state index contributed by atoms with van der Waals surface area (Å²) in [5.41, 5.74) is 2.00. The van der Waals surface area contributed by atoms with E-state index in [0.717, 1.165) is 11.1 Å². The predicted molar refractivity (Wildman–Crippen MR) is 60.5 cm³/mol. The summed E-state index contributed by atoms with van der Waals surface area (Å²) in [7, 11) is 0. The fraction of sp³-hybridized carbons (Fsp3) is 0. The second-order valence-electron chi connectivity index (χ2n) is 3.29. The van der Waals surface area contributed by atoms with Gasteiger partial charge in [-0.3, -0.25) is 5.41 Å². The summed E-state index contributed by atoms with van der Waals surface area (Å²) >= 11 is 0. The Bertz CT molecular complexity index is 477. The van der Waals surface area contributed by atoms with Gasteiger partial charge in [-0.05, 0) is 17.7 Å². The highest BCUT2D eigenvalue weighted by Gasteiger charge is 2.03. The van der Waals surface area contributed by atoms with Crippen molar-refractivity contribution in [2.45, 2.75) is 0 Å². The van der Waals surface area contributed by atoms with E-state index >= 15 is 0 Å². The van der Waals surface area contributed by atoms with Crippen molar-refractivity contribution in [2.75, 3.05) is 0 Å². The minimum atomic E-state index is 0.188. The number of benzene rings is 2. The predicted octanol–water partition coefficient (Wildman–Crippen LogP) is 2.81. The lowest BCUT2D eigenvalue weighted by Crippen LogP contribution is -2.00. The zero-order valence-corrected chi connectivity index (χ0v) is 8.14. The van der Waals surface area contributed by atoms with Crippen LogP contribution in [0.3, 0.4) is 0 Å². The van der Waals surface area contributed by atoms with Crippen LogP contribution < -0.4 is 0 Å². The second kappa shape index (κ2) is 3.96. The zero-order valence-electron chi connectivity index (χ0n) is 8.14. The molecule has 2 nitrogen and oxygen atoms in total. The zero-order chi connectivity index (χ0) is 10.7. The number of hydrogen-bond acceptors (Lipinski definition) is 2. The van der Waals surface area contributed by atoms with Gasteiger partial charge in [0.05, 0.1) is 5.71 Å². The maximum atomic E-state index is 9.31. The molecule has 0 heterocycles. The maximum absolute atomic E-state index is 9.31. The first-order valence-electron chi connectivity index (χ1n) is 4.71. The molecule has 74 valence electrons. The van der Waals surface area contributed by atoms with Crippen molar-refractivity contribution in [3.63, 3.8) is 0 Å². The molecule has 0 amide bonds. The Morgan fingerprint density at radius 1 is 0.867 bits per heavy atom. The van der Waals surface area contributed by atoms with Gasteiger partial charge in [0.2, 0.25) is 0 Å². The van der Waals surface area contributed by atoms with Crippen molar-refractivity contribution in [1.29, 1.82) is 5.41 Å². The molecule has 2 aromatic rings. The van der Waals surface area contributed by atoms with Crippen LogP contribution in [0.1, 0.15) is 11.1 Å². The van der Waals surface area contributed by atoms with Crippen molar-refractivity contribution >= 4 is 5.71 Å². The van der Waals surface area contributed by atoms with E-state index in [-0.39, 0.29) is 5.75 Å². The van der Waals surface area contributed by atoms with Crippen molar-refractivity contribution < 1.29 is 5.11 Å². The van der Waals surface area contributed by atoms with Crippen LogP contribution in [0.15, 0.2) is 54.6 Å². The molecule has 0 spiro atoms. The molecule has 15 heavy (non-hydrogen) atoms. The molecule has 0 saturated carbocycles. The molecule has 2 heteroatoms. The molecule has 2 aromatic carbocycles. The minimum absolute atomic E-state index is 0.188. The molecule has 0 fully saturated rings. The molecule has 0 bridgehead atoms. The Morgan fingerprint density at radius 3 is 2.20 bits per heavy atom. The SMILES string of the molecule is N=C(c1ccccc1)c1cccc(O)c1. The lowest BCUT2D eigenvalue weighted by Gasteiger charge is -2.04. The number of aromatic hydroxyl groups is 1. The first-order chi connectivity index (χ1) is 7.27. The molecular weight excluding hydrogens is 186 g/mol. The van der Waals surface area contributed by atoms with E-state index in [9.17, 15) is 5.11 Å². The van der Waals surface area contributed by atoms with Crippen molar-refractivity contribution in [1.82, 2.24) is 0 Å². The summed E-state index contributed by atoms with van der Waals surface area (Å²) in [6.45, 7) is 0. The quantitative estimate of drug-likeness (QED) is 0.714. The largest absolute Gasteiger partial charge is 0.508 e. The third-order valence-electron chi connectivity index (χ3n) is 2.20. The molecular formula is C13H11NO. The van der Waals surface area contributed by atoms with Gasteiger partial charge in [0.15, 0.2) is 0 Å². The molecule has 2 rings (SSSR count). The van der Waals surface area contributed by atoms with Crippen LogP contribution in [0.2, 0.25) is 0 Å². The van der Waals surface area contributed by atoms with E-state index in [4.69, 9.17) is 5.41 Å². The van der Waals surface area contributed by atoms with E-state index in [1.165, 1.54) is 0 Å². The van der Waals surface area contributed by atoms with Gasteiger partial charge in [-0.15, -0.1) is 0 Å². The van der Waals surface area contributed by atoms with E-state index in [0.29, 0.717) is 5.71 Å². The molecule has 0 unspecified atom stereocenters. The van der Waals surface area contributed by atoms with Crippen LogP contribution in [0.4, 0.5) is 0 Å². The first kappa shape index (κ1) is 9.46. The summed E-state index contributed by atoms with van der Waals surface area (Å²) < 4.78 is 0. The van der Waals surface area contributed by atoms with Gasteiger partial charge < -0.3 is 5.11 Å². The lowest BCUT2D eigenvalue weighted by atomic mass is 10.0. The third-order valence-corrected chi connectivity index (χ3v) is 2.20. The van der Waals surface area contributed by atoms with Crippen molar-refractivity contribution in [2.24, 2.45) is 0 Å². The molecule has 0 saturated heterocycles.